The highest BCUT2D eigenvalue weighted by Crippen LogP contribution is 2.63. The largest absolute Gasteiger partial charge is 0.316 e. The van der Waals surface area contributed by atoms with E-state index in [1.165, 1.54) is 6.42 Å². The summed E-state index contributed by atoms with van der Waals surface area (Å²) in [5.74, 6) is 1.46. The van der Waals surface area contributed by atoms with E-state index >= 15 is 0 Å². The third-order valence-electron chi connectivity index (χ3n) is 5.52. The predicted molar refractivity (Wildman–Crippen MR) is 60.8 cm³/mol. The van der Waals surface area contributed by atoms with E-state index < -0.39 is 0 Å². The van der Waals surface area contributed by atoms with Gasteiger partial charge < -0.3 is 10.1 Å². The first-order chi connectivity index (χ1) is 6.85. The molecule has 0 radical (unpaired) electrons. The summed E-state index contributed by atoms with van der Waals surface area (Å²) in [4.78, 5) is 2.28. The van der Waals surface area contributed by atoms with E-state index in [0.717, 1.165) is 12.3 Å². The van der Waals surface area contributed by atoms with Gasteiger partial charge in [0.1, 0.15) is 0 Å². The van der Waals surface area contributed by atoms with Crippen LogP contribution in [-0.4, -0.2) is 35.8 Å². The van der Waals surface area contributed by atoms with Gasteiger partial charge in [0, 0.05) is 5.54 Å². The van der Waals surface area contributed by atoms with Crippen molar-refractivity contribution in [1.82, 2.24) is 10.4 Å². The minimum atomic E-state index is 0.0764. The minimum absolute atomic E-state index is 0.0764. The summed E-state index contributed by atoms with van der Waals surface area (Å²) in [6.45, 7) is 7.03. The Morgan fingerprint density at radius 2 is 1.80 bits per heavy atom. The quantitative estimate of drug-likeness (QED) is 0.684. The van der Waals surface area contributed by atoms with Gasteiger partial charge in [0.05, 0.1) is 6.04 Å². The molecule has 3 rings (SSSR count). The summed E-state index contributed by atoms with van der Waals surface area (Å²) < 4.78 is 0. The summed E-state index contributed by atoms with van der Waals surface area (Å²) in [6, 6.07) is 0.212. The number of hydrogen-bond donors (Lipinski definition) is 2. The van der Waals surface area contributed by atoms with Crippen LogP contribution < -0.4 is 5.48 Å². The van der Waals surface area contributed by atoms with Crippen molar-refractivity contribution >= 4 is 0 Å². The normalized spacial score (nSPS) is 47.8. The van der Waals surface area contributed by atoms with Gasteiger partial charge in [-0.05, 0) is 51.1 Å². The van der Waals surface area contributed by atoms with Crippen LogP contribution in [0.3, 0.4) is 0 Å². The molecule has 2 N–H and O–H groups in total. The molecule has 88 valence electrons. The third-order valence-corrected chi connectivity index (χ3v) is 5.52. The van der Waals surface area contributed by atoms with Crippen molar-refractivity contribution in [2.75, 3.05) is 14.1 Å². The van der Waals surface area contributed by atoms with E-state index in [9.17, 15) is 5.21 Å². The van der Waals surface area contributed by atoms with E-state index in [-0.39, 0.29) is 11.6 Å². The standard InChI is InChI=1S/C12H24N2O/c1-11(2)8-6-9(11)12(3,14(4)5)10(7-8)13-15/h8-10,13,15H,6-7H2,1-5H3. The first kappa shape index (κ1) is 11.4. The zero-order chi connectivity index (χ0) is 11.4. The number of nitrogens with zero attached hydrogens (tertiary/aromatic N) is 1. The first-order valence-electron chi connectivity index (χ1n) is 5.92. The molecule has 0 aromatic heterocycles. The maximum Gasteiger partial charge on any atom is 0.0506 e. The predicted octanol–water partition coefficient (Wildman–Crippen LogP) is 1.72. The van der Waals surface area contributed by atoms with Crippen LogP contribution in [-0.2, 0) is 0 Å². The molecule has 3 saturated carbocycles. The van der Waals surface area contributed by atoms with Crippen molar-refractivity contribution in [2.24, 2.45) is 17.3 Å². The van der Waals surface area contributed by atoms with Crippen LogP contribution in [0.25, 0.3) is 0 Å². The second-order valence-corrected chi connectivity index (χ2v) is 6.34. The molecule has 0 aromatic carbocycles. The lowest BCUT2D eigenvalue weighted by molar-refractivity contribution is -0.186. The zero-order valence-corrected chi connectivity index (χ0v) is 10.5. The van der Waals surface area contributed by atoms with Gasteiger partial charge in [-0.3, -0.25) is 0 Å². The Morgan fingerprint density at radius 3 is 2.20 bits per heavy atom. The van der Waals surface area contributed by atoms with Crippen molar-refractivity contribution < 1.29 is 5.21 Å². The highest BCUT2D eigenvalue weighted by Gasteiger charge is 2.63. The maximum absolute atomic E-state index is 9.31. The van der Waals surface area contributed by atoms with Crippen LogP contribution in [0.2, 0.25) is 0 Å². The van der Waals surface area contributed by atoms with Gasteiger partial charge in [0.2, 0.25) is 0 Å². The van der Waals surface area contributed by atoms with Gasteiger partial charge in [-0.1, -0.05) is 13.8 Å². The van der Waals surface area contributed by atoms with Gasteiger partial charge in [-0.2, -0.15) is 0 Å². The monoisotopic (exact) mass is 212 g/mol. The molecule has 0 aliphatic heterocycles. The summed E-state index contributed by atoms with van der Waals surface area (Å²) in [6.07, 6.45) is 2.41. The SMILES string of the molecule is CN(C)C1(C)C(NO)CC2CC1C2(C)C. The van der Waals surface area contributed by atoms with E-state index in [1.54, 1.807) is 0 Å². The van der Waals surface area contributed by atoms with Gasteiger partial charge in [0.15, 0.2) is 0 Å². The van der Waals surface area contributed by atoms with Gasteiger partial charge in [0.25, 0.3) is 0 Å². The molecule has 3 heteroatoms. The van der Waals surface area contributed by atoms with E-state index in [1.807, 2.05) is 0 Å². The van der Waals surface area contributed by atoms with Crippen LogP contribution in [0.4, 0.5) is 0 Å². The Bertz CT molecular complexity index is 264. The number of likely N-dealkylation sites (N-methyl/N-ethyl adjacent to an activating group) is 1. The van der Waals surface area contributed by atoms with Crippen molar-refractivity contribution in [1.29, 1.82) is 0 Å². The summed E-state index contributed by atoms with van der Waals surface area (Å²) >= 11 is 0. The number of rotatable bonds is 2. The Morgan fingerprint density at radius 1 is 1.20 bits per heavy atom. The molecule has 2 bridgehead atoms. The molecule has 3 aliphatic rings. The molecule has 4 unspecified atom stereocenters. The van der Waals surface area contributed by atoms with E-state index in [2.05, 4.69) is 45.2 Å². The Kier molecular flexibility index (Phi) is 2.42. The minimum Gasteiger partial charge on any atom is -0.316 e. The molecule has 0 spiro atoms. The van der Waals surface area contributed by atoms with Crippen LogP contribution in [0.15, 0.2) is 0 Å². The fourth-order valence-electron chi connectivity index (χ4n) is 3.98. The van der Waals surface area contributed by atoms with Gasteiger partial charge >= 0.3 is 0 Å². The van der Waals surface area contributed by atoms with Crippen LogP contribution in [0.1, 0.15) is 33.6 Å². The molecule has 4 atom stereocenters. The van der Waals surface area contributed by atoms with E-state index in [0.29, 0.717) is 11.3 Å². The summed E-state index contributed by atoms with van der Waals surface area (Å²) in [5.41, 5.74) is 3.05. The molecular weight excluding hydrogens is 188 g/mol. The van der Waals surface area contributed by atoms with Gasteiger partial charge in [-0.15, -0.1) is 0 Å². The molecule has 0 amide bonds. The lowest BCUT2D eigenvalue weighted by atomic mass is 9.42. The van der Waals surface area contributed by atoms with Gasteiger partial charge in [-0.25, -0.2) is 5.48 Å². The molecule has 0 aromatic rings. The topological polar surface area (TPSA) is 35.5 Å². The average molecular weight is 212 g/mol. The first-order valence-corrected chi connectivity index (χ1v) is 5.92. The Hall–Kier alpha value is -0.120. The fraction of sp³-hybridized carbons (Fsp3) is 1.00. The molecule has 0 saturated heterocycles. The van der Waals surface area contributed by atoms with Crippen molar-refractivity contribution in [3.8, 4) is 0 Å². The van der Waals surface area contributed by atoms with Crippen LogP contribution in [0, 0.1) is 17.3 Å². The molecule has 3 aliphatic carbocycles. The van der Waals surface area contributed by atoms with Crippen LogP contribution in [0.5, 0.6) is 0 Å². The number of hydroxylamine groups is 1. The highest BCUT2D eigenvalue weighted by atomic mass is 16.5. The highest BCUT2D eigenvalue weighted by molar-refractivity contribution is 5.17. The fourth-order valence-corrected chi connectivity index (χ4v) is 3.98. The molecule has 0 heterocycles. The smallest absolute Gasteiger partial charge is 0.0506 e. The lowest BCUT2D eigenvalue weighted by Crippen LogP contribution is -2.73. The maximum atomic E-state index is 9.31. The molecular formula is C12H24N2O. The summed E-state index contributed by atoms with van der Waals surface area (Å²) in [7, 11) is 4.25. The molecule has 15 heavy (non-hydrogen) atoms. The van der Waals surface area contributed by atoms with Crippen molar-refractivity contribution in [2.45, 2.75) is 45.2 Å². The summed E-state index contributed by atoms with van der Waals surface area (Å²) in [5, 5.41) is 9.31. The van der Waals surface area contributed by atoms with Crippen molar-refractivity contribution in [3.63, 3.8) is 0 Å². The second-order valence-electron chi connectivity index (χ2n) is 6.34. The Balaban J connectivity index is 2.31. The third kappa shape index (κ3) is 1.23. The molecule has 3 fully saturated rings. The molecule has 3 nitrogen and oxygen atoms in total. The Labute approximate surface area is 92.8 Å². The number of nitrogens with one attached hydrogen (secondary N) is 1. The lowest BCUT2D eigenvalue weighted by Gasteiger charge is -2.68. The van der Waals surface area contributed by atoms with E-state index in [4.69, 9.17) is 0 Å². The van der Waals surface area contributed by atoms with Crippen LogP contribution >= 0.6 is 0 Å². The second kappa shape index (κ2) is 3.19. The zero-order valence-electron chi connectivity index (χ0n) is 10.5. The number of fused-ring (bicyclic) bond motifs is 2. The number of hydrogen-bond acceptors (Lipinski definition) is 3. The van der Waals surface area contributed by atoms with Crippen molar-refractivity contribution in [3.05, 3.63) is 0 Å². The average Bonchev–Trinajstić information content (AvgIpc) is 2.16.